The molecule has 1 saturated carbocycles. The molecule has 1 N–H and O–H groups in total. The first kappa shape index (κ1) is 19.7. The number of rotatable bonds is 4. The first-order valence-corrected chi connectivity index (χ1v) is 8.76. The number of fused-ring (bicyclic) bond motifs is 2. The highest BCUT2D eigenvalue weighted by atomic mass is 19.4. The summed E-state index contributed by atoms with van der Waals surface area (Å²) in [6.07, 6.45) is -4.74. The summed E-state index contributed by atoms with van der Waals surface area (Å²) in [5, 5.41) is 10.4. The van der Waals surface area contributed by atoms with Crippen molar-refractivity contribution < 1.29 is 32.6 Å². The predicted molar refractivity (Wildman–Crippen MR) is 89.4 cm³/mol. The number of likely N-dealkylation sites (tertiary alicyclic amines) is 1. The van der Waals surface area contributed by atoms with E-state index >= 15 is 0 Å². The molecule has 3 rings (SSSR count). The van der Waals surface area contributed by atoms with Gasteiger partial charge >= 0.3 is 6.36 Å². The number of alkyl halides is 3. The van der Waals surface area contributed by atoms with Gasteiger partial charge in [0, 0.05) is 5.92 Å². The highest BCUT2D eigenvalue weighted by Gasteiger charge is 2.64. The van der Waals surface area contributed by atoms with Crippen molar-refractivity contribution in [2.45, 2.75) is 46.1 Å². The van der Waals surface area contributed by atoms with Crippen LogP contribution in [0.1, 0.15) is 45.3 Å². The minimum Gasteiger partial charge on any atom is -0.406 e. The Morgan fingerprint density at radius 2 is 1.81 bits per heavy atom. The number of piperidine rings is 1. The summed E-state index contributed by atoms with van der Waals surface area (Å²) in [5.74, 6) is -1.29. The number of carbonyl (C=O) groups excluding carboxylic acids is 2. The van der Waals surface area contributed by atoms with Crippen molar-refractivity contribution in [1.29, 1.82) is 0 Å². The third-order valence-electron chi connectivity index (χ3n) is 6.36. The highest BCUT2D eigenvalue weighted by Crippen LogP contribution is 2.60. The number of carbonyl (C=O) groups is 2. The molecule has 2 bridgehead atoms. The van der Waals surface area contributed by atoms with Gasteiger partial charge in [0.25, 0.3) is 0 Å². The van der Waals surface area contributed by atoms with Gasteiger partial charge in [-0.1, -0.05) is 32.9 Å². The zero-order valence-electron chi connectivity index (χ0n) is 15.3. The maximum Gasteiger partial charge on any atom is 0.573 e. The Labute approximate surface area is 155 Å². The molecule has 0 unspecified atom stereocenters. The largest absolute Gasteiger partial charge is 0.573 e. The van der Waals surface area contributed by atoms with E-state index in [0.717, 1.165) is 17.0 Å². The molecule has 5 nitrogen and oxygen atoms in total. The zero-order chi connectivity index (χ0) is 20.2. The number of hydrogen-bond donors (Lipinski definition) is 1. The van der Waals surface area contributed by atoms with Crippen LogP contribution in [0.2, 0.25) is 0 Å². The van der Waals surface area contributed by atoms with E-state index in [1.54, 1.807) is 0 Å². The number of β-amino-alcohol motifs (C(OH)–C–C–N with tert-alkyl or cyclic N) is 1. The van der Waals surface area contributed by atoms with Crippen LogP contribution >= 0.6 is 0 Å². The standard InChI is InChI=1S/C19H22F3NO4/c1-17(2)13-8-9-18(17,3)16(26)23(15(13)25)10-14(24)11-4-6-12(7-5-11)27-19(20,21)22/h4-7,13-14,24H,8-10H2,1-3H3/t13-,14+,18+/m0/s1. The minimum atomic E-state index is -4.80. The van der Waals surface area contributed by atoms with Crippen LogP contribution in [0, 0.1) is 16.7 Å². The van der Waals surface area contributed by atoms with E-state index in [1.807, 2.05) is 20.8 Å². The molecular formula is C19H22F3NO4. The second-order valence-electron chi connectivity index (χ2n) is 8.03. The molecule has 2 aliphatic rings. The van der Waals surface area contributed by atoms with E-state index in [9.17, 15) is 27.9 Å². The number of aliphatic hydroxyl groups excluding tert-OH is 1. The van der Waals surface area contributed by atoms with Gasteiger partial charge in [0.15, 0.2) is 0 Å². The SMILES string of the molecule is CC1(C)[C@H]2CC[C@]1(C)C(=O)N(C[C@@H](O)c1ccc(OC(F)(F)F)cc1)C2=O. The summed E-state index contributed by atoms with van der Waals surface area (Å²) in [5.41, 5.74) is -0.818. The fourth-order valence-electron chi connectivity index (χ4n) is 4.24. The van der Waals surface area contributed by atoms with E-state index in [1.165, 1.54) is 12.1 Å². The molecule has 27 heavy (non-hydrogen) atoms. The molecule has 1 aromatic carbocycles. The molecule has 2 fully saturated rings. The van der Waals surface area contributed by atoms with Crippen LogP contribution in [-0.2, 0) is 9.59 Å². The number of amides is 2. The first-order valence-electron chi connectivity index (χ1n) is 8.76. The minimum absolute atomic E-state index is 0.223. The number of nitrogens with zero attached hydrogens (tertiary/aromatic N) is 1. The normalized spacial score (nSPS) is 28.4. The number of aliphatic hydroxyl groups is 1. The van der Waals surface area contributed by atoms with E-state index in [2.05, 4.69) is 4.74 Å². The van der Waals surface area contributed by atoms with Crippen LogP contribution in [0.15, 0.2) is 24.3 Å². The summed E-state index contributed by atoms with van der Waals surface area (Å²) in [6, 6.07) is 4.73. The van der Waals surface area contributed by atoms with Crippen molar-refractivity contribution in [3.63, 3.8) is 0 Å². The van der Waals surface area contributed by atoms with E-state index in [0.29, 0.717) is 18.4 Å². The molecule has 1 heterocycles. The fourth-order valence-corrected chi connectivity index (χ4v) is 4.24. The average molecular weight is 385 g/mol. The average Bonchev–Trinajstić information content (AvgIpc) is 2.75. The van der Waals surface area contributed by atoms with Gasteiger partial charge in [-0.2, -0.15) is 0 Å². The number of benzene rings is 1. The van der Waals surface area contributed by atoms with Gasteiger partial charge in [0.2, 0.25) is 11.8 Å². The molecule has 0 spiro atoms. The molecular weight excluding hydrogens is 363 g/mol. The van der Waals surface area contributed by atoms with Crippen LogP contribution in [0.4, 0.5) is 13.2 Å². The summed E-state index contributed by atoms with van der Waals surface area (Å²) >= 11 is 0. The van der Waals surface area contributed by atoms with Crippen LogP contribution < -0.4 is 4.74 Å². The molecule has 0 radical (unpaired) electrons. The molecule has 2 amide bonds. The van der Waals surface area contributed by atoms with Crippen LogP contribution in [0.3, 0.4) is 0 Å². The Hall–Kier alpha value is -2.09. The maximum atomic E-state index is 13.0. The Balaban J connectivity index is 1.75. The molecule has 1 aromatic rings. The molecule has 148 valence electrons. The van der Waals surface area contributed by atoms with Crippen LogP contribution in [0.25, 0.3) is 0 Å². The van der Waals surface area contributed by atoms with Gasteiger partial charge in [0.05, 0.1) is 18.1 Å². The fraction of sp³-hybridized carbons (Fsp3) is 0.579. The van der Waals surface area contributed by atoms with Crippen molar-refractivity contribution in [3.8, 4) is 5.75 Å². The summed E-state index contributed by atoms with van der Waals surface area (Å²) in [4.78, 5) is 26.8. The zero-order valence-corrected chi connectivity index (χ0v) is 15.3. The lowest BCUT2D eigenvalue weighted by Crippen LogP contribution is -2.59. The number of ether oxygens (including phenoxy) is 1. The second kappa shape index (κ2) is 6.22. The van der Waals surface area contributed by atoms with Crippen LogP contribution in [-0.4, -0.2) is 34.7 Å². The molecule has 0 aromatic heterocycles. The highest BCUT2D eigenvalue weighted by molar-refractivity contribution is 6.03. The smallest absolute Gasteiger partial charge is 0.406 e. The Morgan fingerprint density at radius 3 is 2.37 bits per heavy atom. The van der Waals surface area contributed by atoms with E-state index < -0.39 is 29.0 Å². The number of hydrogen-bond acceptors (Lipinski definition) is 4. The molecule has 8 heteroatoms. The molecule has 1 saturated heterocycles. The third-order valence-corrected chi connectivity index (χ3v) is 6.36. The number of imide groups is 1. The lowest BCUT2D eigenvalue weighted by Gasteiger charge is -2.48. The lowest BCUT2D eigenvalue weighted by atomic mass is 9.62. The summed E-state index contributed by atoms with van der Waals surface area (Å²) < 4.78 is 40.5. The van der Waals surface area contributed by atoms with E-state index in [-0.39, 0.29) is 24.3 Å². The molecule has 3 atom stereocenters. The summed E-state index contributed by atoms with van der Waals surface area (Å²) in [6.45, 7) is 5.48. The lowest BCUT2D eigenvalue weighted by molar-refractivity contribution is -0.274. The van der Waals surface area contributed by atoms with Gasteiger partial charge in [0.1, 0.15) is 5.75 Å². The van der Waals surface area contributed by atoms with Gasteiger partial charge < -0.3 is 9.84 Å². The second-order valence-corrected chi connectivity index (χ2v) is 8.03. The topological polar surface area (TPSA) is 66.8 Å². The first-order chi connectivity index (χ1) is 12.4. The maximum absolute atomic E-state index is 13.0. The van der Waals surface area contributed by atoms with Crippen molar-refractivity contribution in [1.82, 2.24) is 4.90 Å². The van der Waals surface area contributed by atoms with Gasteiger partial charge in [-0.3, -0.25) is 14.5 Å². The molecule has 1 aliphatic heterocycles. The molecule has 1 aliphatic carbocycles. The Kier molecular flexibility index (Phi) is 4.53. The Bertz CT molecular complexity index is 759. The number of halogens is 3. The van der Waals surface area contributed by atoms with Crippen molar-refractivity contribution in [3.05, 3.63) is 29.8 Å². The Morgan fingerprint density at radius 1 is 1.22 bits per heavy atom. The van der Waals surface area contributed by atoms with Crippen molar-refractivity contribution >= 4 is 11.8 Å². The van der Waals surface area contributed by atoms with Crippen molar-refractivity contribution in [2.24, 2.45) is 16.7 Å². The van der Waals surface area contributed by atoms with Crippen molar-refractivity contribution in [2.75, 3.05) is 6.54 Å². The summed E-state index contributed by atoms with van der Waals surface area (Å²) in [7, 11) is 0. The quantitative estimate of drug-likeness (QED) is 0.807. The van der Waals surface area contributed by atoms with Gasteiger partial charge in [-0.15, -0.1) is 13.2 Å². The van der Waals surface area contributed by atoms with E-state index in [4.69, 9.17) is 0 Å². The van der Waals surface area contributed by atoms with Gasteiger partial charge in [-0.25, -0.2) is 0 Å². The third kappa shape index (κ3) is 3.20. The predicted octanol–water partition coefficient (Wildman–Crippen LogP) is 3.43. The van der Waals surface area contributed by atoms with Crippen LogP contribution in [0.5, 0.6) is 5.75 Å². The monoisotopic (exact) mass is 385 g/mol. The van der Waals surface area contributed by atoms with Gasteiger partial charge in [-0.05, 0) is 36.0 Å².